The maximum Gasteiger partial charge on any atom is 0.407 e. The van der Waals surface area contributed by atoms with E-state index in [9.17, 15) is 9.59 Å². The van der Waals surface area contributed by atoms with Crippen molar-refractivity contribution in [2.75, 3.05) is 46.7 Å². The Hall–Kier alpha value is -5.26. The van der Waals surface area contributed by atoms with Gasteiger partial charge in [0.15, 0.2) is 5.60 Å². The van der Waals surface area contributed by atoms with Crippen molar-refractivity contribution in [3.8, 4) is 28.7 Å². The van der Waals surface area contributed by atoms with Gasteiger partial charge in [-0.15, -0.1) is 0 Å². The molecule has 268 valence electrons. The first-order chi connectivity index (χ1) is 24.6. The van der Waals surface area contributed by atoms with Crippen LogP contribution in [-0.4, -0.2) is 64.4 Å². The predicted octanol–water partition coefficient (Wildman–Crippen LogP) is 7.09. The zero-order valence-corrected chi connectivity index (χ0v) is 29.5. The summed E-state index contributed by atoms with van der Waals surface area (Å²) in [7, 11) is 1.63. The van der Waals surface area contributed by atoms with Gasteiger partial charge in [-0.05, 0) is 87.4 Å². The lowest BCUT2D eigenvalue weighted by Crippen LogP contribution is -2.34. The fourth-order valence-electron chi connectivity index (χ4n) is 5.94. The Morgan fingerprint density at radius 1 is 0.745 bits per heavy atom. The molecule has 11 heteroatoms. The largest absolute Gasteiger partial charge is 0.497 e. The van der Waals surface area contributed by atoms with Crippen molar-refractivity contribution < 1.29 is 47.5 Å². The van der Waals surface area contributed by atoms with Gasteiger partial charge in [0.2, 0.25) is 0 Å². The predicted molar refractivity (Wildman–Crippen MR) is 188 cm³/mol. The molecule has 0 bridgehead atoms. The van der Waals surface area contributed by atoms with E-state index in [1.165, 1.54) is 0 Å². The van der Waals surface area contributed by atoms with Gasteiger partial charge in [0.25, 0.3) is 0 Å². The summed E-state index contributed by atoms with van der Waals surface area (Å²) in [6.07, 6.45) is -0.479. The number of hydrogen-bond acceptors (Lipinski definition) is 10. The van der Waals surface area contributed by atoms with Gasteiger partial charge in [-0.25, -0.2) is 9.59 Å². The highest BCUT2D eigenvalue weighted by Crippen LogP contribution is 2.57. The summed E-state index contributed by atoms with van der Waals surface area (Å²) < 4.78 is 46.4. The molecule has 0 saturated heterocycles. The van der Waals surface area contributed by atoms with E-state index < -0.39 is 23.3 Å². The Balaban J connectivity index is 1.08. The fourth-order valence-corrected chi connectivity index (χ4v) is 5.94. The molecule has 1 atom stereocenters. The molecule has 2 heterocycles. The van der Waals surface area contributed by atoms with Crippen LogP contribution >= 0.6 is 0 Å². The lowest BCUT2D eigenvalue weighted by molar-refractivity contribution is 0.0223. The van der Waals surface area contributed by atoms with E-state index in [4.69, 9.17) is 37.9 Å². The average Bonchev–Trinajstić information content (AvgIpc) is 3.38. The zero-order chi connectivity index (χ0) is 36.0. The molecule has 1 unspecified atom stereocenters. The van der Waals surface area contributed by atoms with E-state index in [-0.39, 0.29) is 6.61 Å². The summed E-state index contributed by atoms with van der Waals surface area (Å²) in [6.45, 7) is 9.78. The van der Waals surface area contributed by atoms with E-state index in [0.717, 1.165) is 22.4 Å². The highest BCUT2D eigenvalue weighted by atomic mass is 16.6. The highest BCUT2D eigenvalue weighted by molar-refractivity contribution is 5.97. The van der Waals surface area contributed by atoms with Crippen molar-refractivity contribution in [2.45, 2.75) is 45.5 Å². The van der Waals surface area contributed by atoms with Crippen LogP contribution in [0.25, 0.3) is 0 Å². The SMILES string of the molecule is COc1ccc(COc2ccc3c(c2)Oc2cc(C)ccc2C32OC(=O)c3cc(OCCOCCOCCNC(=O)OC(C)(C)C)ccc32)cc1. The summed E-state index contributed by atoms with van der Waals surface area (Å²) in [4.78, 5) is 25.2. The molecule has 0 radical (unpaired) electrons. The van der Waals surface area contributed by atoms with Crippen LogP contribution in [0.4, 0.5) is 4.79 Å². The number of aryl methyl sites for hydroxylation is 1. The van der Waals surface area contributed by atoms with Gasteiger partial charge in [-0.2, -0.15) is 0 Å². The molecule has 2 aliphatic rings. The Morgan fingerprint density at radius 3 is 2.10 bits per heavy atom. The molecule has 1 N–H and O–H groups in total. The molecule has 4 aromatic rings. The number of esters is 1. The number of carbonyl (C=O) groups is 2. The minimum atomic E-state index is -1.21. The monoisotopic (exact) mass is 697 g/mol. The molecule has 1 amide bonds. The Labute approximate surface area is 297 Å². The van der Waals surface area contributed by atoms with Crippen molar-refractivity contribution in [3.05, 3.63) is 112 Å². The molecule has 4 aromatic carbocycles. The number of carbonyl (C=O) groups excluding carboxylic acids is 2. The van der Waals surface area contributed by atoms with Gasteiger partial charge in [0.1, 0.15) is 47.6 Å². The lowest BCUT2D eigenvalue weighted by Gasteiger charge is -2.36. The molecule has 11 nitrogen and oxygen atoms in total. The smallest absolute Gasteiger partial charge is 0.407 e. The number of nitrogens with one attached hydrogen (secondary N) is 1. The summed E-state index contributed by atoms with van der Waals surface area (Å²) in [5.41, 5.74) is 2.81. The van der Waals surface area contributed by atoms with Crippen LogP contribution in [0.5, 0.6) is 28.7 Å². The van der Waals surface area contributed by atoms with Crippen molar-refractivity contribution in [3.63, 3.8) is 0 Å². The Morgan fingerprint density at radius 2 is 1.37 bits per heavy atom. The van der Waals surface area contributed by atoms with E-state index in [0.29, 0.717) is 79.3 Å². The molecule has 6 rings (SSSR count). The summed E-state index contributed by atoms with van der Waals surface area (Å²) >= 11 is 0. The number of benzene rings is 4. The Kier molecular flexibility index (Phi) is 10.7. The highest BCUT2D eigenvalue weighted by Gasteiger charge is 2.53. The third-order valence-electron chi connectivity index (χ3n) is 8.25. The van der Waals surface area contributed by atoms with Gasteiger partial charge < -0.3 is 43.2 Å². The molecule has 0 aliphatic carbocycles. The van der Waals surface area contributed by atoms with E-state index in [1.54, 1.807) is 13.2 Å². The van der Waals surface area contributed by atoms with E-state index in [2.05, 4.69) is 5.32 Å². The summed E-state index contributed by atoms with van der Waals surface area (Å²) in [5, 5.41) is 2.64. The first-order valence-electron chi connectivity index (χ1n) is 16.9. The van der Waals surface area contributed by atoms with Crippen LogP contribution in [0, 0.1) is 6.92 Å². The summed E-state index contributed by atoms with van der Waals surface area (Å²) in [6, 6.07) is 24.6. The molecule has 51 heavy (non-hydrogen) atoms. The van der Waals surface area contributed by atoms with Crippen LogP contribution in [0.3, 0.4) is 0 Å². The van der Waals surface area contributed by atoms with Crippen LogP contribution in [0.1, 0.15) is 58.9 Å². The van der Waals surface area contributed by atoms with Crippen molar-refractivity contribution >= 4 is 12.1 Å². The summed E-state index contributed by atoms with van der Waals surface area (Å²) in [5.74, 6) is 2.62. The minimum Gasteiger partial charge on any atom is -0.497 e. The second-order valence-corrected chi connectivity index (χ2v) is 13.2. The number of ether oxygens (including phenoxy) is 8. The van der Waals surface area contributed by atoms with Crippen LogP contribution in [0.2, 0.25) is 0 Å². The third-order valence-corrected chi connectivity index (χ3v) is 8.25. The maximum atomic E-state index is 13.6. The van der Waals surface area contributed by atoms with Crippen molar-refractivity contribution in [1.82, 2.24) is 5.32 Å². The Bertz CT molecular complexity index is 1870. The van der Waals surface area contributed by atoms with Crippen LogP contribution in [0.15, 0.2) is 78.9 Å². The number of methoxy groups -OCH3 is 1. The van der Waals surface area contributed by atoms with Gasteiger partial charge >= 0.3 is 12.1 Å². The molecular formula is C40H43NO10. The van der Waals surface area contributed by atoms with Crippen LogP contribution in [-0.2, 0) is 31.2 Å². The second kappa shape index (κ2) is 15.3. The number of hydrogen-bond donors (Lipinski definition) is 1. The minimum absolute atomic E-state index is 0.275. The molecular weight excluding hydrogens is 654 g/mol. The molecule has 0 fully saturated rings. The van der Waals surface area contributed by atoms with Gasteiger partial charge in [0.05, 0.1) is 39.1 Å². The standard InChI is InChI=1S/C40H43NO10/c1-26-6-13-33-35(22-26)49-36-24-30(48-25-27-7-9-28(44-5)10-8-27)12-15-34(36)40(33)32-14-11-29(23-31(32)37(42)50-40)47-21-20-46-19-18-45-17-16-41-38(43)51-39(2,3)4/h6-15,22-24H,16-21,25H2,1-5H3,(H,41,43). The van der Waals surface area contributed by atoms with E-state index >= 15 is 0 Å². The topological polar surface area (TPSA) is 120 Å². The molecule has 0 aromatic heterocycles. The van der Waals surface area contributed by atoms with Crippen molar-refractivity contribution in [1.29, 1.82) is 0 Å². The molecule has 1 spiro atoms. The van der Waals surface area contributed by atoms with Gasteiger partial charge in [0, 0.05) is 29.3 Å². The van der Waals surface area contributed by atoms with E-state index in [1.807, 2.05) is 100 Å². The molecule has 2 aliphatic heterocycles. The second-order valence-electron chi connectivity index (χ2n) is 13.2. The first-order valence-corrected chi connectivity index (χ1v) is 16.9. The molecule has 0 saturated carbocycles. The first kappa shape index (κ1) is 35.6. The number of fused-ring (bicyclic) bond motifs is 6. The zero-order valence-electron chi connectivity index (χ0n) is 29.5. The van der Waals surface area contributed by atoms with Gasteiger partial charge in [-0.3, -0.25) is 0 Å². The number of rotatable bonds is 14. The van der Waals surface area contributed by atoms with Crippen LogP contribution < -0.4 is 24.3 Å². The number of alkyl carbamates (subject to hydrolysis) is 1. The maximum absolute atomic E-state index is 13.6. The third kappa shape index (κ3) is 8.22. The van der Waals surface area contributed by atoms with Crippen molar-refractivity contribution in [2.24, 2.45) is 0 Å². The normalized spacial score (nSPS) is 15.6. The fraction of sp³-hybridized carbons (Fsp3) is 0.350. The number of amides is 1. The average molecular weight is 698 g/mol. The quantitative estimate of drug-likeness (QED) is 0.108. The lowest BCUT2D eigenvalue weighted by atomic mass is 9.77. The van der Waals surface area contributed by atoms with Gasteiger partial charge in [-0.1, -0.05) is 24.3 Å².